The standard InChI is InChI=1S/C13H17FO2S2/c1-10(9-13(15)16-2)17-7-8-18-12-5-3-11(14)4-6-12/h3-6,10H,7-9H2,1-2H3. The number of thioether (sulfide) groups is 2. The number of esters is 1. The molecule has 0 radical (unpaired) electrons. The van der Waals surface area contributed by atoms with Crippen LogP contribution in [0.25, 0.3) is 0 Å². The van der Waals surface area contributed by atoms with E-state index in [1.54, 1.807) is 35.7 Å². The maximum atomic E-state index is 12.7. The highest BCUT2D eigenvalue weighted by atomic mass is 32.2. The Morgan fingerprint density at radius 2 is 2.00 bits per heavy atom. The topological polar surface area (TPSA) is 26.3 Å². The zero-order valence-electron chi connectivity index (χ0n) is 10.5. The lowest BCUT2D eigenvalue weighted by molar-refractivity contribution is -0.140. The van der Waals surface area contributed by atoms with Crippen LogP contribution in [0.4, 0.5) is 4.39 Å². The average Bonchev–Trinajstić information content (AvgIpc) is 2.36. The van der Waals surface area contributed by atoms with Gasteiger partial charge in [0.15, 0.2) is 0 Å². The lowest BCUT2D eigenvalue weighted by Crippen LogP contribution is -2.09. The Bertz CT molecular complexity index is 368. The SMILES string of the molecule is COC(=O)CC(C)SCCSc1ccc(F)cc1. The van der Waals surface area contributed by atoms with E-state index in [1.807, 2.05) is 6.92 Å². The summed E-state index contributed by atoms with van der Waals surface area (Å²) < 4.78 is 17.3. The van der Waals surface area contributed by atoms with Crippen molar-refractivity contribution in [3.63, 3.8) is 0 Å². The molecule has 0 amide bonds. The van der Waals surface area contributed by atoms with Crippen LogP contribution in [0.15, 0.2) is 29.2 Å². The lowest BCUT2D eigenvalue weighted by Gasteiger charge is -2.09. The minimum absolute atomic E-state index is 0.166. The molecule has 0 bridgehead atoms. The summed E-state index contributed by atoms with van der Waals surface area (Å²) >= 11 is 3.44. The van der Waals surface area contributed by atoms with Gasteiger partial charge in [-0.15, -0.1) is 11.8 Å². The summed E-state index contributed by atoms with van der Waals surface area (Å²) in [6.07, 6.45) is 0.447. The smallest absolute Gasteiger partial charge is 0.306 e. The van der Waals surface area contributed by atoms with Crippen molar-refractivity contribution < 1.29 is 13.9 Å². The van der Waals surface area contributed by atoms with E-state index in [0.29, 0.717) is 6.42 Å². The Hall–Kier alpha value is -0.680. The van der Waals surface area contributed by atoms with Crippen LogP contribution in [0.5, 0.6) is 0 Å². The van der Waals surface area contributed by atoms with Gasteiger partial charge in [-0.05, 0) is 24.3 Å². The van der Waals surface area contributed by atoms with Gasteiger partial charge in [0.25, 0.3) is 0 Å². The highest BCUT2D eigenvalue weighted by Gasteiger charge is 2.09. The van der Waals surface area contributed by atoms with Crippen molar-refractivity contribution in [2.24, 2.45) is 0 Å². The fourth-order valence-electron chi connectivity index (χ4n) is 1.32. The van der Waals surface area contributed by atoms with Gasteiger partial charge in [0.1, 0.15) is 5.82 Å². The normalized spacial score (nSPS) is 12.2. The molecule has 0 aliphatic heterocycles. The number of hydrogen-bond acceptors (Lipinski definition) is 4. The van der Waals surface area contributed by atoms with Crippen molar-refractivity contribution in [2.45, 2.75) is 23.5 Å². The second-order valence-electron chi connectivity index (χ2n) is 3.76. The molecule has 1 aromatic rings. The van der Waals surface area contributed by atoms with Gasteiger partial charge < -0.3 is 4.74 Å². The first-order chi connectivity index (χ1) is 8.61. The molecular weight excluding hydrogens is 271 g/mol. The Morgan fingerprint density at radius 3 is 2.61 bits per heavy atom. The van der Waals surface area contributed by atoms with Gasteiger partial charge in [-0.1, -0.05) is 6.92 Å². The Balaban J connectivity index is 2.14. The largest absolute Gasteiger partial charge is 0.469 e. The molecule has 0 saturated heterocycles. The van der Waals surface area contributed by atoms with Gasteiger partial charge in [0, 0.05) is 21.7 Å². The van der Waals surface area contributed by atoms with Crippen molar-refractivity contribution >= 4 is 29.5 Å². The number of methoxy groups -OCH3 is 1. The van der Waals surface area contributed by atoms with Gasteiger partial charge in [-0.3, -0.25) is 4.79 Å². The third kappa shape index (κ3) is 6.31. The van der Waals surface area contributed by atoms with Crippen molar-refractivity contribution in [1.82, 2.24) is 0 Å². The Labute approximate surface area is 116 Å². The van der Waals surface area contributed by atoms with Gasteiger partial charge >= 0.3 is 5.97 Å². The molecule has 0 heterocycles. The number of carbonyl (C=O) groups is 1. The fraction of sp³-hybridized carbons (Fsp3) is 0.462. The number of rotatable bonds is 7. The van der Waals surface area contributed by atoms with E-state index < -0.39 is 0 Å². The van der Waals surface area contributed by atoms with E-state index in [0.717, 1.165) is 16.4 Å². The van der Waals surface area contributed by atoms with Gasteiger partial charge in [0.05, 0.1) is 13.5 Å². The maximum absolute atomic E-state index is 12.7. The van der Waals surface area contributed by atoms with Crippen LogP contribution in [0, 0.1) is 5.82 Å². The number of halogens is 1. The molecule has 0 aromatic heterocycles. The van der Waals surface area contributed by atoms with Crippen LogP contribution in [-0.2, 0) is 9.53 Å². The summed E-state index contributed by atoms with van der Waals surface area (Å²) in [5.74, 6) is 1.53. The van der Waals surface area contributed by atoms with Crippen LogP contribution in [0.3, 0.4) is 0 Å². The predicted octanol–water partition coefficient (Wildman–Crippen LogP) is 3.60. The van der Waals surface area contributed by atoms with Gasteiger partial charge in [-0.2, -0.15) is 11.8 Å². The van der Waals surface area contributed by atoms with Crippen LogP contribution >= 0.6 is 23.5 Å². The predicted molar refractivity (Wildman–Crippen MR) is 75.7 cm³/mol. The molecule has 1 atom stereocenters. The van der Waals surface area contributed by atoms with E-state index in [9.17, 15) is 9.18 Å². The molecule has 1 aromatic carbocycles. The second kappa shape index (κ2) is 8.43. The first kappa shape index (κ1) is 15.4. The van der Waals surface area contributed by atoms with Gasteiger partial charge in [0.2, 0.25) is 0 Å². The van der Waals surface area contributed by atoms with Crippen LogP contribution < -0.4 is 0 Å². The zero-order valence-corrected chi connectivity index (χ0v) is 12.2. The summed E-state index contributed by atoms with van der Waals surface area (Å²) in [5, 5.41) is 0.270. The number of benzene rings is 1. The molecule has 0 N–H and O–H groups in total. The van der Waals surface area contributed by atoms with E-state index in [-0.39, 0.29) is 17.0 Å². The summed E-state index contributed by atoms with van der Waals surface area (Å²) in [5.41, 5.74) is 0. The monoisotopic (exact) mass is 288 g/mol. The average molecular weight is 288 g/mol. The number of ether oxygens (including phenoxy) is 1. The fourth-order valence-corrected chi connectivity index (χ4v) is 3.26. The molecule has 0 aliphatic carbocycles. The summed E-state index contributed by atoms with van der Waals surface area (Å²) in [6.45, 7) is 2.02. The molecule has 0 spiro atoms. The molecule has 0 fully saturated rings. The zero-order chi connectivity index (χ0) is 13.4. The highest BCUT2D eigenvalue weighted by molar-refractivity contribution is 8.03. The molecule has 100 valence electrons. The lowest BCUT2D eigenvalue weighted by atomic mass is 10.3. The quantitative estimate of drug-likeness (QED) is 0.435. The molecular formula is C13H17FO2S2. The third-order valence-electron chi connectivity index (χ3n) is 2.25. The number of hydrogen-bond donors (Lipinski definition) is 0. The summed E-state index contributed by atoms with van der Waals surface area (Å²) in [6, 6.07) is 6.50. The molecule has 18 heavy (non-hydrogen) atoms. The molecule has 2 nitrogen and oxygen atoms in total. The van der Waals surface area contributed by atoms with Crippen LogP contribution in [-0.4, -0.2) is 29.8 Å². The van der Waals surface area contributed by atoms with E-state index >= 15 is 0 Å². The summed E-state index contributed by atoms with van der Waals surface area (Å²) in [7, 11) is 1.41. The van der Waals surface area contributed by atoms with Crippen molar-refractivity contribution in [1.29, 1.82) is 0 Å². The van der Waals surface area contributed by atoms with Crippen molar-refractivity contribution in [3.8, 4) is 0 Å². The first-order valence-electron chi connectivity index (χ1n) is 5.68. The minimum atomic E-state index is -0.208. The molecule has 0 aliphatic rings. The minimum Gasteiger partial charge on any atom is -0.469 e. The highest BCUT2D eigenvalue weighted by Crippen LogP contribution is 2.21. The second-order valence-corrected chi connectivity index (χ2v) is 6.48. The van der Waals surface area contributed by atoms with Crippen LogP contribution in [0.1, 0.15) is 13.3 Å². The molecule has 0 saturated carbocycles. The Morgan fingerprint density at radius 1 is 1.33 bits per heavy atom. The molecule has 5 heteroatoms. The third-order valence-corrected chi connectivity index (χ3v) is 4.70. The van der Waals surface area contributed by atoms with Gasteiger partial charge in [-0.25, -0.2) is 4.39 Å². The Kier molecular flexibility index (Phi) is 7.20. The maximum Gasteiger partial charge on any atom is 0.306 e. The van der Waals surface area contributed by atoms with Crippen LogP contribution in [0.2, 0.25) is 0 Å². The van der Waals surface area contributed by atoms with E-state index in [1.165, 1.54) is 19.2 Å². The van der Waals surface area contributed by atoms with E-state index in [2.05, 4.69) is 4.74 Å². The molecule has 1 rings (SSSR count). The van der Waals surface area contributed by atoms with Crippen molar-refractivity contribution in [3.05, 3.63) is 30.1 Å². The van der Waals surface area contributed by atoms with E-state index in [4.69, 9.17) is 0 Å². The summed E-state index contributed by atoms with van der Waals surface area (Å²) in [4.78, 5) is 12.1. The molecule has 1 unspecified atom stereocenters. The number of carbonyl (C=O) groups excluding carboxylic acids is 1. The van der Waals surface area contributed by atoms with Crippen molar-refractivity contribution in [2.75, 3.05) is 18.6 Å². The first-order valence-corrected chi connectivity index (χ1v) is 7.72.